The zero-order valence-electron chi connectivity index (χ0n) is 9.69. The van der Waals surface area contributed by atoms with Crippen molar-refractivity contribution in [1.82, 2.24) is 0 Å². The number of hydrogen-bond acceptors (Lipinski definition) is 2. The van der Waals surface area contributed by atoms with Gasteiger partial charge < -0.3 is 9.84 Å². The van der Waals surface area contributed by atoms with Crippen molar-refractivity contribution >= 4 is 5.97 Å². The number of benzene rings is 1. The van der Waals surface area contributed by atoms with Crippen LogP contribution in [-0.2, 0) is 22.4 Å². The van der Waals surface area contributed by atoms with E-state index in [1.54, 1.807) is 0 Å². The van der Waals surface area contributed by atoms with Gasteiger partial charge >= 0.3 is 5.97 Å². The third kappa shape index (κ3) is 1.95. The van der Waals surface area contributed by atoms with Crippen LogP contribution in [-0.4, -0.2) is 23.3 Å². The van der Waals surface area contributed by atoms with E-state index >= 15 is 0 Å². The average molecular weight is 232 g/mol. The number of carbonyl (C=O) groups is 1. The predicted molar refractivity (Wildman–Crippen MR) is 62.9 cm³/mol. The quantitative estimate of drug-likeness (QED) is 0.864. The molecule has 0 amide bonds. The van der Waals surface area contributed by atoms with Gasteiger partial charge in [-0.2, -0.15) is 0 Å². The Morgan fingerprint density at radius 1 is 1.29 bits per heavy atom. The smallest absolute Gasteiger partial charge is 0.336 e. The molecule has 0 bridgehead atoms. The summed E-state index contributed by atoms with van der Waals surface area (Å²) in [5.74, 6) is -0.232. The summed E-state index contributed by atoms with van der Waals surface area (Å²) in [6.07, 6.45) is 3.38. The van der Waals surface area contributed by atoms with Crippen LogP contribution in [0.2, 0.25) is 0 Å². The molecule has 1 N–H and O–H groups in total. The number of rotatable bonds is 4. The maximum absolute atomic E-state index is 11.5. The van der Waals surface area contributed by atoms with Gasteiger partial charge in [0.25, 0.3) is 0 Å². The van der Waals surface area contributed by atoms with Crippen molar-refractivity contribution in [1.29, 1.82) is 0 Å². The third-order valence-electron chi connectivity index (χ3n) is 3.75. The van der Waals surface area contributed by atoms with Gasteiger partial charge in [0.2, 0.25) is 0 Å². The monoisotopic (exact) mass is 232 g/mol. The van der Waals surface area contributed by atoms with E-state index in [1.165, 1.54) is 12.8 Å². The van der Waals surface area contributed by atoms with Crippen LogP contribution in [0.1, 0.15) is 24.0 Å². The molecule has 1 fully saturated rings. The van der Waals surface area contributed by atoms with Crippen molar-refractivity contribution < 1.29 is 14.6 Å². The zero-order chi connectivity index (χ0) is 11.9. The zero-order valence-corrected chi connectivity index (χ0v) is 9.69. The van der Waals surface area contributed by atoms with Crippen molar-refractivity contribution in [3.05, 3.63) is 35.4 Å². The number of carboxylic acids is 1. The van der Waals surface area contributed by atoms with Gasteiger partial charge in [0, 0.05) is 12.8 Å². The molecule has 17 heavy (non-hydrogen) atoms. The summed E-state index contributed by atoms with van der Waals surface area (Å²) in [5, 5.41) is 9.44. The first kappa shape index (κ1) is 10.8. The molecule has 2 aliphatic carbocycles. The van der Waals surface area contributed by atoms with Crippen LogP contribution in [0, 0.1) is 5.92 Å². The van der Waals surface area contributed by atoms with Gasteiger partial charge in [-0.25, -0.2) is 4.79 Å². The molecule has 2 aliphatic rings. The molecule has 0 heterocycles. The standard InChI is InChI=1S/C14H16O3/c15-13(16)14(17-9-10-5-6-10)7-11-3-1-2-4-12(11)8-14/h1-4,10H,5-9H2,(H,15,16). The molecule has 0 saturated heterocycles. The summed E-state index contributed by atoms with van der Waals surface area (Å²) in [6.45, 7) is 0.598. The Kier molecular flexibility index (Phi) is 2.44. The SMILES string of the molecule is O=C(O)C1(OCC2CC2)Cc2ccccc2C1. The lowest BCUT2D eigenvalue weighted by molar-refractivity contribution is -0.165. The highest BCUT2D eigenvalue weighted by molar-refractivity contribution is 5.80. The van der Waals surface area contributed by atoms with Crippen LogP contribution in [0.5, 0.6) is 0 Å². The van der Waals surface area contributed by atoms with Crippen LogP contribution >= 0.6 is 0 Å². The largest absolute Gasteiger partial charge is 0.479 e. The fraction of sp³-hybridized carbons (Fsp3) is 0.500. The van der Waals surface area contributed by atoms with Gasteiger partial charge in [0.1, 0.15) is 0 Å². The van der Waals surface area contributed by atoms with Gasteiger partial charge in [0.15, 0.2) is 5.60 Å². The molecule has 0 radical (unpaired) electrons. The highest BCUT2D eigenvalue weighted by atomic mass is 16.5. The van der Waals surface area contributed by atoms with E-state index in [0.29, 0.717) is 25.4 Å². The Bertz CT molecular complexity index is 424. The van der Waals surface area contributed by atoms with Gasteiger partial charge in [-0.3, -0.25) is 0 Å². The molecular formula is C14H16O3. The summed E-state index contributed by atoms with van der Waals surface area (Å²) >= 11 is 0. The summed E-state index contributed by atoms with van der Waals surface area (Å²) in [4.78, 5) is 11.5. The number of fused-ring (bicyclic) bond motifs is 1. The number of ether oxygens (including phenoxy) is 1. The minimum Gasteiger partial charge on any atom is -0.479 e. The summed E-state index contributed by atoms with van der Waals surface area (Å²) in [7, 11) is 0. The van der Waals surface area contributed by atoms with Crippen LogP contribution in [0.25, 0.3) is 0 Å². The van der Waals surface area contributed by atoms with Gasteiger partial charge in [-0.15, -0.1) is 0 Å². The number of carboxylic acid groups (broad SMARTS) is 1. The molecule has 1 aromatic carbocycles. The van der Waals surface area contributed by atoms with Crippen LogP contribution in [0.3, 0.4) is 0 Å². The average Bonchev–Trinajstić information content (AvgIpc) is 3.05. The fourth-order valence-corrected chi connectivity index (χ4v) is 2.46. The molecule has 1 aromatic rings. The first-order chi connectivity index (χ1) is 8.20. The van der Waals surface area contributed by atoms with E-state index in [0.717, 1.165) is 11.1 Å². The van der Waals surface area contributed by atoms with Gasteiger partial charge in [0.05, 0.1) is 6.61 Å². The minimum atomic E-state index is -1.01. The Morgan fingerprint density at radius 2 is 1.88 bits per heavy atom. The van der Waals surface area contributed by atoms with E-state index in [4.69, 9.17) is 4.74 Å². The van der Waals surface area contributed by atoms with Crippen LogP contribution in [0.15, 0.2) is 24.3 Å². The van der Waals surface area contributed by atoms with Crippen LogP contribution < -0.4 is 0 Å². The van der Waals surface area contributed by atoms with Gasteiger partial charge in [-0.05, 0) is 29.9 Å². The lowest BCUT2D eigenvalue weighted by Crippen LogP contribution is -2.43. The van der Waals surface area contributed by atoms with Crippen molar-refractivity contribution in [3.8, 4) is 0 Å². The summed E-state index contributed by atoms with van der Waals surface area (Å²) < 4.78 is 5.76. The lowest BCUT2D eigenvalue weighted by Gasteiger charge is -2.24. The Morgan fingerprint density at radius 3 is 2.35 bits per heavy atom. The highest BCUT2D eigenvalue weighted by Crippen LogP contribution is 2.36. The summed E-state index contributed by atoms with van der Waals surface area (Å²) in [6, 6.07) is 7.91. The summed E-state index contributed by atoms with van der Waals surface area (Å²) in [5.41, 5.74) is 1.23. The van der Waals surface area contributed by atoms with Crippen molar-refractivity contribution in [3.63, 3.8) is 0 Å². The normalized spacial score (nSPS) is 21.2. The van der Waals surface area contributed by atoms with E-state index in [1.807, 2.05) is 24.3 Å². The minimum absolute atomic E-state index is 0.505. The Labute approximate surface area is 100 Å². The Balaban J connectivity index is 1.80. The van der Waals surface area contributed by atoms with E-state index in [9.17, 15) is 9.90 Å². The van der Waals surface area contributed by atoms with E-state index in [-0.39, 0.29) is 0 Å². The van der Waals surface area contributed by atoms with Gasteiger partial charge in [-0.1, -0.05) is 24.3 Å². The first-order valence-corrected chi connectivity index (χ1v) is 6.14. The molecule has 3 rings (SSSR count). The molecule has 3 heteroatoms. The maximum atomic E-state index is 11.5. The second-order valence-corrected chi connectivity index (χ2v) is 5.18. The molecule has 3 nitrogen and oxygen atoms in total. The topological polar surface area (TPSA) is 46.5 Å². The highest BCUT2D eigenvalue weighted by Gasteiger charge is 2.46. The van der Waals surface area contributed by atoms with E-state index in [2.05, 4.69) is 0 Å². The maximum Gasteiger partial charge on any atom is 0.336 e. The molecule has 0 spiro atoms. The van der Waals surface area contributed by atoms with Crippen LogP contribution in [0.4, 0.5) is 0 Å². The number of aliphatic carboxylic acids is 1. The molecule has 0 unspecified atom stereocenters. The van der Waals surface area contributed by atoms with Crippen molar-refractivity contribution in [2.45, 2.75) is 31.3 Å². The van der Waals surface area contributed by atoms with E-state index < -0.39 is 11.6 Å². The molecule has 0 atom stereocenters. The van der Waals surface area contributed by atoms with Crippen molar-refractivity contribution in [2.24, 2.45) is 5.92 Å². The second-order valence-electron chi connectivity index (χ2n) is 5.18. The third-order valence-corrected chi connectivity index (χ3v) is 3.75. The lowest BCUT2D eigenvalue weighted by atomic mass is 10.0. The molecule has 1 saturated carbocycles. The molecular weight excluding hydrogens is 216 g/mol. The Hall–Kier alpha value is -1.35. The van der Waals surface area contributed by atoms with Crippen molar-refractivity contribution in [2.75, 3.05) is 6.61 Å². The molecule has 0 aliphatic heterocycles. The second kappa shape index (κ2) is 3.84. The predicted octanol–water partition coefficient (Wildman–Crippen LogP) is 2.04. The fourth-order valence-electron chi connectivity index (χ4n) is 2.46. The number of hydrogen-bond donors (Lipinski definition) is 1. The molecule has 0 aromatic heterocycles. The molecule has 90 valence electrons. The first-order valence-electron chi connectivity index (χ1n) is 6.14.